The molecule has 33 heavy (non-hydrogen) atoms. The Hall–Kier alpha value is -3.27. The van der Waals surface area contributed by atoms with Crippen LogP contribution in [0.4, 0.5) is 0 Å². The van der Waals surface area contributed by atoms with Crippen LogP contribution in [-0.2, 0) is 11.2 Å². The Bertz CT molecular complexity index is 946. The van der Waals surface area contributed by atoms with Gasteiger partial charge in [-0.1, -0.05) is 104 Å². The van der Waals surface area contributed by atoms with Gasteiger partial charge in [-0.3, -0.25) is 4.79 Å². The van der Waals surface area contributed by atoms with Crippen LogP contribution in [0.2, 0.25) is 0 Å². The first-order valence-corrected chi connectivity index (χ1v) is 11.1. The summed E-state index contributed by atoms with van der Waals surface area (Å²) in [5, 5.41) is 17.5. The lowest BCUT2D eigenvalue weighted by molar-refractivity contribution is -0.104. The van der Waals surface area contributed by atoms with Gasteiger partial charge in [0.1, 0.15) is 6.29 Å². The Morgan fingerprint density at radius 2 is 1.21 bits per heavy atom. The van der Waals surface area contributed by atoms with E-state index in [2.05, 4.69) is 12.1 Å². The van der Waals surface area contributed by atoms with Crippen LogP contribution < -0.4 is 0 Å². The van der Waals surface area contributed by atoms with E-state index in [1.54, 1.807) is 6.92 Å². The predicted molar refractivity (Wildman–Crippen MR) is 140 cm³/mol. The van der Waals surface area contributed by atoms with E-state index >= 15 is 0 Å². The number of carbonyl (C=O) groups excluding carboxylic acids is 1. The van der Waals surface area contributed by atoms with Crippen molar-refractivity contribution in [1.82, 2.24) is 0 Å². The predicted octanol–water partition coefficient (Wildman–Crippen LogP) is 6.23. The standard InChI is InChI=1S/C10H14O.C10H12O.C10H10O/c3*1-9(8-11)7-10-5-3-2-4-6-10/h2-6,9,11H,7-8H2,1H3;2-7,11H,8H2,1H3;2-8H,1H3/b;2*9-7+. The molecular weight excluding hydrogens is 408 g/mol. The summed E-state index contributed by atoms with van der Waals surface area (Å²) >= 11 is 0. The first kappa shape index (κ1) is 27.8. The van der Waals surface area contributed by atoms with Crippen molar-refractivity contribution in [3.8, 4) is 0 Å². The van der Waals surface area contributed by atoms with Crippen molar-refractivity contribution in [2.45, 2.75) is 27.2 Å². The van der Waals surface area contributed by atoms with Gasteiger partial charge in [-0.15, -0.1) is 0 Å². The lowest BCUT2D eigenvalue weighted by Crippen LogP contribution is -2.03. The van der Waals surface area contributed by atoms with Crippen LogP contribution >= 0.6 is 0 Å². The van der Waals surface area contributed by atoms with Gasteiger partial charge in [-0.2, -0.15) is 0 Å². The topological polar surface area (TPSA) is 57.5 Å². The summed E-state index contributed by atoms with van der Waals surface area (Å²) < 4.78 is 0. The summed E-state index contributed by atoms with van der Waals surface area (Å²) in [7, 11) is 0. The number of hydrogen-bond donors (Lipinski definition) is 2. The van der Waals surface area contributed by atoms with E-state index in [9.17, 15) is 4.79 Å². The van der Waals surface area contributed by atoms with E-state index in [1.165, 1.54) is 5.56 Å². The molecule has 0 saturated carbocycles. The Morgan fingerprint density at radius 3 is 1.64 bits per heavy atom. The molecule has 0 aliphatic carbocycles. The maximum absolute atomic E-state index is 10.2. The third kappa shape index (κ3) is 13.7. The molecule has 0 spiro atoms. The maximum atomic E-state index is 10.2. The van der Waals surface area contributed by atoms with E-state index in [-0.39, 0.29) is 13.2 Å². The lowest BCUT2D eigenvalue weighted by atomic mass is 10.0. The van der Waals surface area contributed by atoms with Crippen LogP contribution in [-0.4, -0.2) is 29.7 Å². The fourth-order valence-electron chi connectivity index (χ4n) is 2.81. The summed E-state index contributed by atoms with van der Waals surface area (Å²) in [5.74, 6) is 0.373. The van der Waals surface area contributed by atoms with E-state index in [4.69, 9.17) is 10.2 Å². The molecule has 0 aromatic heterocycles. The average molecular weight is 445 g/mol. The number of carbonyl (C=O) groups is 1. The fourth-order valence-corrected chi connectivity index (χ4v) is 2.81. The number of aldehydes is 1. The highest BCUT2D eigenvalue weighted by molar-refractivity contribution is 5.80. The monoisotopic (exact) mass is 444 g/mol. The third-order valence-corrected chi connectivity index (χ3v) is 4.58. The molecule has 1 atom stereocenters. The molecule has 0 heterocycles. The first-order valence-electron chi connectivity index (χ1n) is 11.1. The van der Waals surface area contributed by atoms with Crippen LogP contribution in [0.25, 0.3) is 12.2 Å². The Balaban J connectivity index is 0.000000247. The SMILES string of the molecule is C/C(=C\c1ccccc1)CO.C/C(C=O)=C\c1ccccc1.CC(CO)Cc1ccccc1. The molecule has 0 amide bonds. The second-order valence-corrected chi connectivity index (χ2v) is 7.95. The van der Waals surface area contributed by atoms with Crippen LogP contribution in [0.5, 0.6) is 0 Å². The number of rotatable bonds is 7. The average Bonchev–Trinajstić information content (AvgIpc) is 2.86. The van der Waals surface area contributed by atoms with Gasteiger partial charge in [-0.25, -0.2) is 0 Å². The number of hydrogen-bond acceptors (Lipinski definition) is 3. The second kappa shape index (κ2) is 17.3. The summed E-state index contributed by atoms with van der Waals surface area (Å²) in [6.45, 7) is 6.16. The molecule has 2 N–H and O–H groups in total. The number of aliphatic hydroxyl groups is 2. The molecule has 0 aliphatic heterocycles. The van der Waals surface area contributed by atoms with E-state index in [1.807, 2.05) is 105 Å². The number of aliphatic hydroxyl groups excluding tert-OH is 2. The van der Waals surface area contributed by atoms with Gasteiger partial charge in [0.15, 0.2) is 0 Å². The number of allylic oxidation sites excluding steroid dienone is 1. The summed E-state index contributed by atoms with van der Waals surface area (Å²) in [6, 6.07) is 30.0. The van der Waals surface area contributed by atoms with Crippen LogP contribution in [0.1, 0.15) is 37.5 Å². The quantitative estimate of drug-likeness (QED) is 0.335. The van der Waals surface area contributed by atoms with Gasteiger partial charge < -0.3 is 10.2 Å². The van der Waals surface area contributed by atoms with Crippen molar-refractivity contribution in [2.24, 2.45) is 5.92 Å². The smallest absolute Gasteiger partial charge is 0.145 e. The van der Waals surface area contributed by atoms with Gasteiger partial charge >= 0.3 is 0 Å². The van der Waals surface area contributed by atoms with Gasteiger partial charge in [0.2, 0.25) is 0 Å². The van der Waals surface area contributed by atoms with Gasteiger partial charge in [0.05, 0.1) is 6.61 Å². The molecule has 1 unspecified atom stereocenters. The molecular formula is C30H36O3. The van der Waals surface area contributed by atoms with Gasteiger partial charge in [0, 0.05) is 6.61 Å². The zero-order valence-corrected chi connectivity index (χ0v) is 19.9. The maximum Gasteiger partial charge on any atom is 0.145 e. The van der Waals surface area contributed by atoms with E-state index in [0.717, 1.165) is 35.0 Å². The Morgan fingerprint density at radius 1 is 0.758 bits per heavy atom. The summed E-state index contributed by atoms with van der Waals surface area (Å²) in [5.41, 5.74) is 5.23. The Kier molecular flexibility index (Phi) is 14.6. The Labute approximate surface area is 198 Å². The van der Waals surface area contributed by atoms with Gasteiger partial charge in [-0.05, 0) is 60.1 Å². The molecule has 3 aromatic carbocycles. The fraction of sp³-hybridized carbons (Fsp3) is 0.233. The largest absolute Gasteiger partial charge is 0.396 e. The minimum Gasteiger partial charge on any atom is -0.396 e. The van der Waals surface area contributed by atoms with Crippen molar-refractivity contribution in [3.63, 3.8) is 0 Å². The second-order valence-electron chi connectivity index (χ2n) is 7.95. The lowest BCUT2D eigenvalue weighted by Gasteiger charge is -2.06. The van der Waals surface area contributed by atoms with E-state index in [0.29, 0.717) is 5.92 Å². The highest BCUT2D eigenvalue weighted by Crippen LogP contribution is 2.07. The highest BCUT2D eigenvalue weighted by atomic mass is 16.3. The van der Waals surface area contributed by atoms with Crippen molar-refractivity contribution >= 4 is 18.4 Å². The molecule has 0 radical (unpaired) electrons. The minimum atomic E-state index is 0.134. The minimum absolute atomic E-state index is 0.134. The first-order chi connectivity index (χ1) is 16.0. The third-order valence-electron chi connectivity index (χ3n) is 4.58. The highest BCUT2D eigenvalue weighted by Gasteiger charge is 1.99. The molecule has 3 nitrogen and oxygen atoms in total. The molecule has 0 fully saturated rings. The zero-order valence-electron chi connectivity index (χ0n) is 19.9. The molecule has 0 bridgehead atoms. The molecule has 3 aromatic rings. The van der Waals surface area contributed by atoms with Crippen molar-refractivity contribution in [3.05, 3.63) is 119 Å². The van der Waals surface area contributed by atoms with Gasteiger partial charge in [0.25, 0.3) is 0 Å². The van der Waals surface area contributed by atoms with Crippen LogP contribution in [0.15, 0.2) is 102 Å². The van der Waals surface area contributed by atoms with Crippen LogP contribution in [0.3, 0.4) is 0 Å². The molecule has 3 heteroatoms. The van der Waals surface area contributed by atoms with Crippen molar-refractivity contribution < 1.29 is 15.0 Å². The summed E-state index contributed by atoms with van der Waals surface area (Å²) in [4.78, 5) is 10.2. The number of benzene rings is 3. The molecule has 0 saturated heterocycles. The summed E-state index contributed by atoms with van der Waals surface area (Å²) in [6.07, 6.45) is 5.65. The van der Waals surface area contributed by atoms with Crippen molar-refractivity contribution in [2.75, 3.05) is 13.2 Å². The molecule has 3 rings (SSSR count). The zero-order chi connectivity index (χ0) is 24.3. The van der Waals surface area contributed by atoms with Crippen molar-refractivity contribution in [1.29, 1.82) is 0 Å². The molecule has 0 aliphatic rings. The normalized spacial score (nSPS) is 11.9. The molecule has 174 valence electrons. The van der Waals surface area contributed by atoms with E-state index < -0.39 is 0 Å². The van der Waals surface area contributed by atoms with Crippen LogP contribution in [0, 0.1) is 5.92 Å².